The second kappa shape index (κ2) is 12.0. The van der Waals surface area contributed by atoms with Crippen LogP contribution in [0.3, 0.4) is 0 Å². The maximum absolute atomic E-state index is 13.5. The van der Waals surface area contributed by atoms with Crippen molar-refractivity contribution in [1.29, 1.82) is 0 Å². The highest BCUT2D eigenvalue weighted by Crippen LogP contribution is 2.37. The van der Waals surface area contributed by atoms with Crippen molar-refractivity contribution >= 4 is 34.2 Å². The topological polar surface area (TPSA) is 69.7 Å². The van der Waals surface area contributed by atoms with Crippen LogP contribution in [-0.2, 0) is 16.0 Å². The molecule has 0 fully saturated rings. The SMILES string of the molecule is CC[C@H](C(=O)NCC(C)C)N(CCc1ccccc1)C(=O)CCCN1C(=O)c2cccc3cccc1c23. The lowest BCUT2D eigenvalue weighted by Crippen LogP contribution is -2.50. The van der Waals surface area contributed by atoms with Crippen molar-refractivity contribution in [3.63, 3.8) is 0 Å². The normalized spacial score (nSPS) is 13.3. The van der Waals surface area contributed by atoms with Gasteiger partial charge in [0.2, 0.25) is 11.8 Å². The molecule has 0 unspecified atom stereocenters. The molecule has 0 aromatic heterocycles. The van der Waals surface area contributed by atoms with E-state index in [-0.39, 0.29) is 24.1 Å². The van der Waals surface area contributed by atoms with Gasteiger partial charge in [-0.2, -0.15) is 0 Å². The summed E-state index contributed by atoms with van der Waals surface area (Å²) >= 11 is 0. The van der Waals surface area contributed by atoms with Crippen molar-refractivity contribution in [1.82, 2.24) is 10.2 Å². The predicted molar refractivity (Wildman–Crippen MR) is 149 cm³/mol. The first-order chi connectivity index (χ1) is 17.9. The average molecular weight is 500 g/mol. The fourth-order valence-corrected chi connectivity index (χ4v) is 5.05. The van der Waals surface area contributed by atoms with Crippen LogP contribution in [0.25, 0.3) is 10.8 Å². The van der Waals surface area contributed by atoms with Crippen LogP contribution in [-0.4, -0.2) is 48.3 Å². The molecule has 37 heavy (non-hydrogen) atoms. The number of nitrogens with one attached hydrogen (secondary N) is 1. The summed E-state index contributed by atoms with van der Waals surface area (Å²) in [5.41, 5.74) is 2.76. The van der Waals surface area contributed by atoms with E-state index in [1.807, 2.05) is 73.7 Å². The van der Waals surface area contributed by atoms with Gasteiger partial charge in [0.1, 0.15) is 6.04 Å². The van der Waals surface area contributed by atoms with Gasteiger partial charge >= 0.3 is 0 Å². The maximum Gasteiger partial charge on any atom is 0.258 e. The molecule has 194 valence electrons. The highest BCUT2D eigenvalue weighted by molar-refractivity contribution is 6.25. The van der Waals surface area contributed by atoms with Gasteiger partial charge in [0.15, 0.2) is 0 Å². The van der Waals surface area contributed by atoms with Crippen molar-refractivity contribution in [3.8, 4) is 0 Å². The lowest BCUT2D eigenvalue weighted by Gasteiger charge is -2.31. The van der Waals surface area contributed by atoms with E-state index in [0.29, 0.717) is 44.8 Å². The van der Waals surface area contributed by atoms with Gasteiger partial charge in [0.25, 0.3) is 5.91 Å². The summed E-state index contributed by atoms with van der Waals surface area (Å²) < 4.78 is 0. The fourth-order valence-electron chi connectivity index (χ4n) is 5.05. The van der Waals surface area contributed by atoms with Gasteiger partial charge < -0.3 is 15.1 Å². The zero-order chi connectivity index (χ0) is 26.4. The Labute approximate surface area is 219 Å². The summed E-state index contributed by atoms with van der Waals surface area (Å²) in [6, 6.07) is 21.3. The lowest BCUT2D eigenvalue weighted by molar-refractivity contribution is -0.140. The second-order valence-corrected chi connectivity index (χ2v) is 10.1. The second-order valence-electron chi connectivity index (χ2n) is 10.1. The van der Waals surface area contributed by atoms with Gasteiger partial charge in [-0.15, -0.1) is 0 Å². The number of carbonyl (C=O) groups is 3. The largest absolute Gasteiger partial charge is 0.354 e. The van der Waals surface area contributed by atoms with Crippen LogP contribution in [0, 0.1) is 5.92 Å². The minimum absolute atomic E-state index is 0.0142. The van der Waals surface area contributed by atoms with Crippen LogP contribution in [0.2, 0.25) is 0 Å². The number of hydrogen-bond donors (Lipinski definition) is 1. The van der Waals surface area contributed by atoms with Crippen LogP contribution in [0.15, 0.2) is 66.7 Å². The smallest absolute Gasteiger partial charge is 0.258 e. The van der Waals surface area contributed by atoms with Gasteiger partial charge in [-0.3, -0.25) is 14.4 Å². The van der Waals surface area contributed by atoms with Gasteiger partial charge in [-0.1, -0.05) is 75.4 Å². The van der Waals surface area contributed by atoms with Crippen LogP contribution < -0.4 is 10.2 Å². The van der Waals surface area contributed by atoms with E-state index in [0.717, 1.165) is 27.6 Å². The molecule has 0 aliphatic carbocycles. The molecule has 1 aliphatic rings. The number of amides is 3. The molecule has 1 heterocycles. The van der Waals surface area contributed by atoms with Crippen LogP contribution in [0.1, 0.15) is 56.0 Å². The Morgan fingerprint density at radius 2 is 1.70 bits per heavy atom. The molecule has 0 saturated heterocycles. The summed E-state index contributed by atoms with van der Waals surface area (Å²) in [4.78, 5) is 43.2. The molecular formula is C31H37N3O3. The van der Waals surface area contributed by atoms with E-state index < -0.39 is 6.04 Å². The Morgan fingerprint density at radius 1 is 0.973 bits per heavy atom. The molecule has 6 heteroatoms. The monoisotopic (exact) mass is 499 g/mol. The Kier molecular flexibility index (Phi) is 8.59. The Bertz CT molecular complexity index is 1250. The third kappa shape index (κ3) is 6.01. The van der Waals surface area contributed by atoms with E-state index in [1.165, 1.54) is 0 Å². The lowest BCUT2D eigenvalue weighted by atomic mass is 10.1. The van der Waals surface area contributed by atoms with Crippen LogP contribution >= 0.6 is 0 Å². The van der Waals surface area contributed by atoms with Crippen molar-refractivity contribution < 1.29 is 14.4 Å². The average Bonchev–Trinajstić information content (AvgIpc) is 3.18. The number of benzene rings is 3. The number of hydrogen-bond acceptors (Lipinski definition) is 3. The van der Waals surface area contributed by atoms with Crippen LogP contribution in [0.4, 0.5) is 5.69 Å². The van der Waals surface area contributed by atoms with E-state index in [9.17, 15) is 14.4 Å². The fraction of sp³-hybridized carbons (Fsp3) is 0.387. The summed E-state index contributed by atoms with van der Waals surface area (Å²) in [6.07, 6.45) is 2.04. The van der Waals surface area contributed by atoms with Gasteiger partial charge in [-0.25, -0.2) is 0 Å². The van der Waals surface area contributed by atoms with Crippen molar-refractivity contribution in [2.24, 2.45) is 5.92 Å². The maximum atomic E-state index is 13.5. The van der Waals surface area contributed by atoms with E-state index in [1.54, 1.807) is 9.80 Å². The third-order valence-electron chi connectivity index (χ3n) is 6.98. The molecular weight excluding hydrogens is 462 g/mol. The molecule has 3 amide bonds. The number of anilines is 1. The molecule has 1 atom stereocenters. The van der Waals surface area contributed by atoms with E-state index >= 15 is 0 Å². The van der Waals surface area contributed by atoms with Crippen molar-refractivity contribution in [2.45, 2.75) is 52.5 Å². The molecule has 4 rings (SSSR count). The molecule has 6 nitrogen and oxygen atoms in total. The van der Waals surface area contributed by atoms with E-state index in [4.69, 9.17) is 0 Å². The van der Waals surface area contributed by atoms with E-state index in [2.05, 4.69) is 19.2 Å². The Balaban J connectivity index is 1.44. The van der Waals surface area contributed by atoms with Crippen LogP contribution in [0.5, 0.6) is 0 Å². The number of rotatable bonds is 12. The third-order valence-corrected chi connectivity index (χ3v) is 6.98. The Hall–Kier alpha value is -3.67. The molecule has 0 spiro atoms. The first kappa shape index (κ1) is 26.4. The highest BCUT2D eigenvalue weighted by atomic mass is 16.2. The Morgan fingerprint density at radius 3 is 2.41 bits per heavy atom. The molecule has 3 aromatic carbocycles. The number of nitrogens with zero attached hydrogens (tertiary/aromatic N) is 2. The zero-order valence-electron chi connectivity index (χ0n) is 22.1. The predicted octanol–water partition coefficient (Wildman–Crippen LogP) is 5.20. The summed E-state index contributed by atoms with van der Waals surface area (Å²) in [5.74, 6) is 0.167. The van der Waals surface area contributed by atoms with Gasteiger partial charge in [0, 0.05) is 37.0 Å². The summed E-state index contributed by atoms with van der Waals surface area (Å²) in [7, 11) is 0. The van der Waals surface area contributed by atoms with Gasteiger partial charge in [0.05, 0.1) is 5.69 Å². The quantitative estimate of drug-likeness (QED) is 0.372. The first-order valence-corrected chi connectivity index (χ1v) is 13.4. The molecule has 0 radical (unpaired) electrons. The van der Waals surface area contributed by atoms with Crippen molar-refractivity contribution in [3.05, 3.63) is 77.9 Å². The highest BCUT2D eigenvalue weighted by Gasteiger charge is 2.31. The van der Waals surface area contributed by atoms with Crippen molar-refractivity contribution in [2.75, 3.05) is 24.5 Å². The molecule has 3 aromatic rings. The minimum atomic E-state index is -0.513. The zero-order valence-corrected chi connectivity index (χ0v) is 22.1. The van der Waals surface area contributed by atoms with Gasteiger partial charge in [-0.05, 0) is 48.3 Å². The minimum Gasteiger partial charge on any atom is -0.354 e. The summed E-state index contributed by atoms with van der Waals surface area (Å²) in [5, 5.41) is 5.04. The summed E-state index contributed by atoms with van der Waals surface area (Å²) in [6.45, 7) is 7.57. The molecule has 1 N–H and O–H groups in total. The first-order valence-electron chi connectivity index (χ1n) is 13.4. The number of carbonyl (C=O) groups excluding carboxylic acids is 3. The molecule has 0 saturated carbocycles. The molecule has 1 aliphatic heterocycles. The standard InChI is InChI=1S/C31H37N3O3/c1-4-26(30(36)32-21-22(2)3)33(20-18-23-11-6-5-7-12-23)28(35)17-10-19-34-27-16-9-14-24-13-8-15-25(29(24)27)31(34)37/h5-9,11-16,22,26H,4,10,17-21H2,1-3H3,(H,32,36)/t26-/m1/s1. The molecule has 0 bridgehead atoms.